The van der Waals surface area contributed by atoms with E-state index in [0.717, 1.165) is 16.7 Å². The number of nitrogens with zero attached hydrogens (tertiary/aromatic N) is 1. The van der Waals surface area contributed by atoms with Gasteiger partial charge < -0.3 is 9.84 Å². The Kier molecular flexibility index (Phi) is 4.40. The maximum Gasteiger partial charge on any atom is 0.347 e. The van der Waals surface area contributed by atoms with Crippen LogP contribution in [0.1, 0.15) is 41.8 Å². The number of Topliss-reactive ketones (excluding diaryl/α,β-unsaturated/α-hetero) is 1. The standard InChI is InChI=1S/C20H19NO4/c1-20(2,19(23)24)25-16-7-8-17-14(11-16)5-6-15(18(17)22)10-13-4-3-9-21-12-13/h3-4,7-12H,5-6H2,1-2H3,(H,23,24)/b15-10+. The van der Waals surface area contributed by atoms with Gasteiger partial charge in [-0.15, -0.1) is 0 Å². The Morgan fingerprint density at radius 3 is 2.76 bits per heavy atom. The van der Waals surface area contributed by atoms with E-state index in [-0.39, 0.29) is 5.78 Å². The van der Waals surface area contributed by atoms with Crippen LogP contribution >= 0.6 is 0 Å². The normalized spacial score (nSPS) is 15.8. The largest absolute Gasteiger partial charge is 0.478 e. The van der Waals surface area contributed by atoms with Crippen molar-refractivity contribution in [3.8, 4) is 5.75 Å². The summed E-state index contributed by atoms with van der Waals surface area (Å²) in [6, 6.07) is 8.86. The fourth-order valence-electron chi connectivity index (χ4n) is 2.76. The predicted octanol–water partition coefficient (Wildman–Crippen LogP) is 3.54. The molecule has 1 aliphatic carbocycles. The van der Waals surface area contributed by atoms with Crippen molar-refractivity contribution in [1.82, 2.24) is 4.98 Å². The predicted molar refractivity (Wildman–Crippen MR) is 93.7 cm³/mol. The minimum Gasteiger partial charge on any atom is -0.478 e. The molecule has 1 aliphatic rings. The number of aromatic nitrogens is 1. The molecule has 3 rings (SSSR count). The lowest BCUT2D eigenvalue weighted by atomic mass is 9.86. The molecular weight excluding hydrogens is 318 g/mol. The topological polar surface area (TPSA) is 76.5 Å². The first-order valence-corrected chi connectivity index (χ1v) is 8.07. The average Bonchev–Trinajstić information content (AvgIpc) is 2.58. The van der Waals surface area contributed by atoms with E-state index >= 15 is 0 Å². The summed E-state index contributed by atoms with van der Waals surface area (Å²) < 4.78 is 5.55. The molecule has 0 fully saturated rings. The highest BCUT2D eigenvalue weighted by atomic mass is 16.5. The van der Waals surface area contributed by atoms with Crippen LogP contribution in [-0.2, 0) is 11.2 Å². The lowest BCUT2D eigenvalue weighted by Gasteiger charge is -2.23. The summed E-state index contributed by atoms with van der Waals surface area (Å²) in [7, 11) is 0. The number of hydrogen-bond donors (Lipinski definition) is 1. The summed E-state index contributed by atoms with van der Waals surface area (Å²) in [6.45, 7) is 2.99. The van der Waals surface area contributed by atoms with Crippen LogP contribution in [0.3, 0.4) is 0 Å². The Balaban J connectivity index is 1.86. The van der Waals surface area contributed by atoms with Gasteiger partial charge in [0.05, 0.1) is 0 Å². The molecule has 0 unspecified atom stereocenters. The fraction of sp³-hybridized carbons (Fsp3) is 0.250. The molecule has 0 spiro atoms. The first-order chi connectivity index (χ1) is 11.9. The third-order valence-corrected chi connectivity index (χ3v) is 4.19. The number of benzene rings is 1. The van der Waals surface area contributed by atoms with Gasteiger partial charge in [0, 0.05) is 23.5 Å². The number of ether oxygens (including phenoxy) is 1. The minimum absolute atomic E-state index is 0.00542. The molecule has 0 saturated heterocycles. The summed E-state index contributed by atoms with van der Waals surface area (Å²) in [5, 5.41) is 9.17. The van der Waals surface area contributed by atoms with Crippen LogP contribution in [0.4, 0.5) is 0 Å². The van der Waals surface area contributed by atoms with Crippen molar-refractivity contribution in [3.05, 3.63) is 65.0 Å². The zero-order chi connectivity index (χ0) is 18.0. The summed E-state index contributed by atoms with van der Waals surface area (Å²) in [5.74, 6) is -0.587. The molecule has 0 atom stereocenters. The van der Waals surface area contributed by atoms with Crippen LogP contribution in [0.5, 0.6) is 5.75 Å². The second-order valence-corrected chi connectivity index (χ2v) is 6.52. The van der Waals surface area contributed by atoms with Gasteiger partial charge in [-0.2, -0.15) is 0 Å². The molecule has 128 valence electrons. The van der Waals surface area contributed by atoms with Gasteiger partial charge in [-0.1, -0.05) is 6.07 Å². The van der Waals surface area contributed by atoms with Crippen molar-refractivity contribution in [2.45, 2.75) is 32.3 Å². The maximum absolute atomic E-state index is 12.7. The second-order valence-electron chi connectivity index (χ2n) is 6.52. The lowest BCUT2D eigenvalue weighted by Crippen LogP contribution is -2.37. The molecule has 0 bridgehead atoms. The van der Waals surface area contributed by atoms with Gasteiger partial charge in [0.15, 0.2) is 11.4 Å². The fourth-order valence-corrected chi connectivity index (χ4v) is 2.76. The van der Waals surface area contributed by atoms with Crippen LogP contribution in [-0.4, -0.2) is 27.4 Å². The van der Waals surface area contributed by atoms with E-state index in [1.807, 2.05) is 18.2 Å². The highest BCUT2D eigenvalue weighted by Crippen LogP contribution is 2.30. The van der Waals surface area contributed by atoms with Gasteiger partial charge in [-0.3, -0.25) is 9.78 Å². The van der Waals surface area contributed by atoms with E-state index in [1.165, 1.54) is 13.8 Å². The smallest absolute Gasteiger partial charge is 0.347 e. The Labute approximate surface area is 146 Å². The quantitative estimate of drug-likeness (QED) is 0.864. The van der Waals surface area contributed by atoms with Crippen molar-refractivity contribution >= 4 is 17.8 Å². The molecule has 0 aliphatic heterocycles. The third kappa shape index (κ3) is 3.60. The average molecular weight is 337 g/mol. The van der Waals surface area contributed by atoms with Crippen molar-refractivity contribution in [3.63, 3.8) is 0 Å². The van der Waals surface area contributed by atoms with Crippen molar-refractivity contribution < 1.29 is 19.4 Å². The monoisotopic (exact) mass is 337 g/mol. The number of carboxylic acids is 1. The Morgan fingerprint density at radius 1 is 1.28 bits per heavy atom. The van der Waals surface area contributed by atoms with E-state index in [1.54, 1.807) is 30.6 Å². The molecule has 0 saturated carbocycles. The first kappa shape index (κ1) is 16.9. The molecule has 0 radical (unpaired) electrons. The van der Waals surface area contributed by atoms with Crippen LogP contribution < -0.4 is 4.74 Å². The Hall–Kier alpha value is -2.95. The maximum atomic E-state index is 12.7. The van der Waals surface area contributed by atoms with E-state index in [9.17, 15) is 9.59 Å². The third-order valence-electron chi connectivity index (χ3n) is 4.19. The lowest BCUT2D eigenvalue weighted by molar-refractivity contribution is -0.152. The number of carbonyl (C=O) groups excluding carboxylic acids is 1. The molecule has 1 N–H and O–H groups in total. The Morgan fingerprint density at radius 2 is 2.08 bits per heavy atom. The molecule has 1 heterocycles. The summed E-state index contributed by atoms with van der Waals surface area (Å²) in [5.41, 5.74) is 1.85. The van der Waals surface area contributed by atoms with Crippen molar-refractivity contribution in [2.24, 2.45) is 0 Å². The summed E-state index contributed by atoms with van der Waals surface area (Å²) in [6.07, 6.45) is 6.63. The van der Waals surface area contributed by atoms with E-state index < -0.39 is 11.6 Å². The SMILES string of the molecule is CC(C)(Oc1ccc2c(c1)CC/C(=C\c1cccnc1)C2=O)C(=O)O. The molecule has 1 aromatic carbocycles. The van der Waals surface area contributed by atoms with Gasteiger partial charge in [0.2, 0.25) is 0 Å². The second kappa shape index (κ2) is 6.51. The molecule has 2 aromatic rings. The molecule has 25 heavy (non-hydrogen) atoms. The first-order valence-electron chi connectivity index (χ1n) is 8.07. The van der Waals surface area contributed by atoms with E-state index in [4.69, 9.17) is 9.84 Å². The van der Waals surface area contributed by atoms with Crippen molar-refractivity contribution in [1.29, 1.82) is 0 Å². The number of hydrogen-bond acceptors (Lipinski definition) is 4. The van der Waals surface area contributed by atoms with Gasteiger partial charge in [-0.25, -0.2) is 4.79 Å². The Bertz CT molecular complexity index is 853. The van der Waals surface area contributed by atoms with E-state index in [0.29, 0.717) is 24.2 Å². The highest BCUT2D eigenvalue weighted by Gasteiger charge is 2.30. The number of pyridine rings is 1. The van der Waals surface area contributed by atoms with Crippen LogP contribution in [0.15, 0.2) is 48.3 Å². The van der Waals surface area contributed by atoms with Crippen LogP contribution in [0.25, 0.3) is 6.08 Å². The number of allylic oxidation sites excluding steroid dienone is 1. The number of aliphatic carboxylic acids is 1. The zero-order valence-corrected chi connectivity index (χ0v) is 14.2. The highest BCUT2D eigenvalue weighted by molar-refractivity contribution is 6.13. The van der Waals surface area contributed by atoms with E-state index in [2.05, 4.69) is 4.98 Å². The van der Waals surface area contributed by atoms with Gasteiger partial charge in [0.25, 0.3) is 0 Å². The molecule has 5 nitrogen and oxygen atoms in total. The minimum atomic E-state index is -1.32. The number of ketones is 1. The van der Waals surface area contributed by atoms with Crippen molar-refractivity contribution in [2.75, 3.05) is 0 Å². The number of carboxylic acid groups (broad SMARTS) is 1. The molecular formula is C20H19NO4. The number of aryl methyl sites for hydroxylation is 1. The van der Waals surface area contributed by atoms with Crippen LogP contribution in [0.2, 0.25) is 0 Å². The molecule has 1 aromatic heterocycles. The summed E-state index contributed by atoms with van der Waals surface area (Å²) in [4.78, 5) is 28.0. The number of carbonyl (C=O) groups is 2. The zero-order valence-electron chi connectivity index (χ0n) is 14.2. The van der Waals surface area contributed by atoms with Gasteiger partial charge >= 0.3 is 5.97 Å². The van der Waals surface area contributed by atoms with Gasteiger partial charge in [-0.05, 0) is 68.2 Å². The number of fused-ring (bicyclic) bond motifs is 1. The molecule has 0 amide bonds. The van der Waals surface area contributed by atoms with Crippen LogP contribution in [0, 0.1) is 0 Å². The summed E-state index contributed by atoms with van der Waals surface area (Å²) >= 11 is 0. The number of rotatable bonds is 4. The molecule has 5 heteroatoms. The van der Waals surface area contributed by atoms with Gasteiger partial charge in [0.1, 0.15) is 5.75 Å².